The van der Waals surface area contributed by atoms with Gasteiger partial charge >= 0.3 is 0 Å². The first-order valence-corrected chi connectivity index (χ1v) is 6.75. The third-order valence-corrected chi connectivity index (χ3v) is 3.35. The van der Waals surface area contributed by atoms with Crippen LogP contribution in [0.4, 0.5) is 5.69 Å². The van der Waals surface area contributed by atoms with Crippen molar-refractivity contribution in [3.05, 3.63) is 29.8 Å². The molecule has 96 valence electrons. The number of anilines is 1. The third kappa shape index (κ3) is 4.39. The first kappa shape index (κ1) is 14.0. The van der Waals surface area contributed by atoms with Gasteiger partial charge in [-0.25, -0.2) is 0 Å². The van der Waals surface area contributed by atoms with E-state index in [9.17, 15) is 0 Å². The highest BCUT2D eigenvalue weighted by Crippen LogP contribution is 2.17. The van der Waals surface area contributed by atoms with Crippen LogP contribution in [0.3, 0.4) is 0 Å². The summed E-state index contributed by atoms with van der Waals surface area (Å²) >= 11 is 0. The molecule has 0 spiro atoms. The molecule has 1 atom stereocenters. The number of nitrogens with two attached hydrogens (primary N) is 1. The largest absolute Gasteiger partial charge is 0.372 e. The highest BCUT2D eigenvalue weighted by atomic mass is 15.1. The minimum absolute atomic E-state index is 0.726. The maximum Gasteiger partial charge on any atom is 0.0366 e. The Balaban J connectivity index is 2.68. The molecular weight excluding hydrogens is 208 g/mol. The Morgan fingerprint density at radius 1 is 1.18 bits per heavy atom. The van der Waals surface area contributed by atoms with Crippen LogP contribution in [0.1, 0.15) is 32.8 Å². The van der Waals surface area contributed by atoms with Gasteiger partial charge in [0.1, 0.15) is 0 Å². The topological polar surface area (TPSA) is 29.3 Å². The molecule has 0 radical (unpaired) electrons. The van der Waals surface area contributed by atoms with Gasteiger partial charge in [-0.3, -0.25) is 0 Å². The highest BCUT2D eigenvalue weighted by molar-refractivity contribution is 5.47. The van der Waals surface area contributed by atoms with Gasteiger partial charge in [0, 0.05) is 18.8 Å². The maximum absolute atomic E-state index is 5.56. The van der Waals surface area contributed by atoms with E-state index in [0.717, 1.165) is 32.0 Å². The van der Waals surface area contributed by atoms with Gasteiger partial charge in [-0.15, -0.1) is 0 Å². The minimum atomic E-state index is 0.726. The van der Waals surface area contributed by atoms with Gasteiger partial charge < -0.3 is 10.6 Å². The predicted molar refractivity (Wildman–Crippen MR) is 76.5 cm³/mol. The van der Waals surface area contributed by atoms with Crippen LogP contribution >= 0.6 is 0 Å². The molecule has 0 aromatic heterocycles. The van der Waals surface area contributed by atoms with Crippen molar-refractivity contribution in [1.82, 2.24) is 0 Å². The number of nitrogens with zero attached hydrogens (tertiary/aromatic N) is 1. The second-order valence-electron chi connectivity index (χ2n) is 4.76. The summed E-state index contributed by atoms with van der Waals surface area (Å²) in [5, 5.41) is 0. The van der Waals surface area contributed by atoms with Crippen molar-refractivity contribution < 1.29 is 0 Å². The van der Waals surface area contributed by atoms with Crippen molar-refractivity contribution in [1.29, 1.82) is 0 Å². The third-order valence-electron chi connectivity index (χ3n) is 3.35. The number of benzene rings is 1. The molecule has 1 aromatic rings. The lowest BCUT2D eigenvalue weighted by molar-refractivity contribution is 0.548. The van der Waals surface area contributed by atoms with E-state index in [1.165, 1.54) is 17.7 Å². The fraction of sp³-hybridized carbons (Fsp3) is 0.600. The molecule has 0 saturated carbocycles. The van der Waals surface area contributed by atoms with Crippen LogP contribution in [-0.4, -0.2) is 19.6 Å². The second-order valence-corrected chi connectivity index (χ2v) is 4.76. The van der Waals surface area contributed by atoms with Crippen LogP contribution < -0.4 is 10.6 Å². The van der Waals surface area contributed by atoms with Crippen LogP contribution in [0.2, 0.25) is 0 Å². The molecule has 2 N–H and O–H groups in total. The lowest BCUT2D eigenvalue weighted by atomic mass is 10.1. The summed E-state index contributed by atoms with van der Waals surface area (Å²) in [6.45, 7) is 9.72. The SMILES string of the molecule is CCC(C)CN(CC)c1ccc(CCN)cc1. The maximum atomic E-state index is 5.56. The predicted octanol–water partition coefficient (Wildman–Crippen LogP) is 3.06. The Kier molecular flexibility index (Phi) is 6.06. The minimum Gasteiger partial charge on any atom is -0.372 e. The van der Waals surface area contributed by atoms with Crippen LogP contribution in [0.5, 0.6) is 0 Å². The van der Waals surface area contributed by atoms with Crippen molar-refractivity contribution in [2.45, 2.75) is 33.6 Å². The molecule has 0 aliphatic carbocycles. The van der Waals surface area contributed by atoms with E-state index in [1.54, 1.807) is 0 Å². The fourth-order valence-electron chi connectivity index (χ4n) is 1.96. The lowest BCUT2D eigenvalue weighted by Crippen LogP contribution is -2.27. The first-order chi connectivity index (χ1) is 8.21. The van der Waals surface area contributed by atoms with Gasteiger partial charge in [-0.1, -0.05) is 32.4 Å². The van der Waals surface area contributed by atoms with Crippen LogP contribution in [0.25, 0.3) is 0 Å². The van der Waals surface area contributed by atoms with E-state index >= 15 is 0 Å². The monoisotopic (exact) mass is 234 g/mol. The zero-order chi connectivity index (χ0) is 12.7. The van der Waals surface area contributed by atoms with Crippen molar-refractivity contribution in [3.8, 4) is 0 Å². The van der Waals surface area contributed by atoms with Crippen molar-refractivity contribution in [3.63, 3.8) is 0 Å². The van der Waals surface area contributed by atoms with Gasteiger partial charge in [-0.05, 0) is 43.5 Å². The van der Waals surface area contributed by atoms with E-state index < -0.39 is 0 Å². The van der Waals surface area contributed by atoms with E-state index in [2.05, 4.69) is 49.9 Å². The Labute approximate surface area is 106 Å². The summed E-state index contributed by atoms with van der Waals surface area (Å²) in [4.78, 5) is 2.44. The normalized spacial score (nSPS) is 12.5. The molecule has 2 heteroatoms. The molecule has 2 nitrogen and oxygen atoms in total. The van der Waals surface area contributed by atoms with Gasteiger partial charge in [-0.2, -0.15) is 0 Å². The molecule has 1 aromatic carbocycles. The Bertz CT molecular complexity index is 305. The van der Waals surface area contributed by atoms with E-state index in [1.807, 2.05) is 0 Å². The Hall–Kier alpha value is -1.02. The lowest BCUT2D eigenvalue weighted by Gasteiger charge is -2.26. The Morgan fingerprint density at radius 3 is 2.29 bits per heavy atom. The van der Waals surface area contributed by atoms with Gasteiger partial charge in [0.25, 0.3) is 0 Å². The molecule has 1 rings (SSSR count). The molecule has 0 saturated heterocycles. The van der Waals surface area contributed by atoms with Gasteiger partial charge in [0.2, 0.25) is 0 Å². The quantitative estimate of drug-likeness (QED) is 0.785. The highest BCUT2D eigenvalue weighted by Gasteiger charge is 2.07. The standard InChI is InChI=1S/C15H26N2/c1-4-13(3)12-17(5-2)15-8-6-14(7-9-15)10-11-16/h6-9,13H,4-5,10-12,16H2,1-3H3. The average molecular weight is 234 g/mol. The molecular formula is C15H26N2. The molecule has 0 aliphatic rings. The van der Waals surface area contributed by atoms with E-state index in [0.29, 0.717) is 0 Å². The van der Waals surface area contributed by atoms with Crippen LogP contribution in [0, 0.1) is 5.92 Å². The fourth-order valence-corrected chi connectivity index (χ4v) is 1.96. The second kappa shape index (κ2) is 7.33. The summed E-state index contributed by atoms with van der Waals surface area (Å²) in [5.74, 6) is 0.749. The van der Waals surface area contributed by atoms with Crippen molar-refractivity contribution >= 4 is 5.69 Å². The molecule has 0 heterocycles. The summed E-state index contributed by atoms with van der Waals surface area (Å²) in [7, 11) is 0. The number of hydrogen-bond acceptors (Lipinski definition) is 2. The van der Waals surface area contributed by atoms with Gasteiger partial charge in [0.05, 0.1) is 0 Å². The summed E-state index contributed by atoms with van der Waals surface area (Å²) in [5.41, 5.74) is 8.21. The first-order valence-electron chi connectivity index (χ1n) is 6.75. The smallest absolute Gasteiger partial charge is 0.0366 e. The zero-order valence-electron chi connectivity index (χ0n) is 11.4. The number of hydrogen-bond donors (Lipinski definition) is 1. The molecule has 0 bridgehead atoms. The van der Waals surface area contributed by atoms with E-state index in [4.69, 9.17) is 5.73 Å². The van der Waals surface area contributed by atoms with E-state index in [-0.39, 0.29) is 0 Å². The average Bonchev–Trinajstić information content (AvgIpc) is 2.37. The zero-order valence-corrected chi connectivity index (χ0v) is 11.4. The van der Waals surface area contributed by atoms with Crippen molar-refractivity contribution in [2.75, 3.05) is 24.5 Å². The molecule has 0 amide bonds. The molecule has 17 heavy (non-hydrogen) atoms. The number of rotatable bonds is 7. The summed E-state index contributed by atoms with van der Waals surface area (Å²) < 4.78 is 0. The summed E-state index contributed by atoms with van der Waals surface area (Å²) in [6, 6.07) is 8.83. The summed E-state index contributed by atoms with van der Waals surface area (Å²) in [6.07, 6.45) is 2.21. The van der Waals surface area contributed by atoms with Gasteiger partial charge in [0.15, 0.2) is 0 Å². The van der Waals surface area contributed by atoms with Crippen LogP contribution in [0.15, 0.2) is 24.3 Å². The molecule has 0 aliphatic heterocycles. The van der Waals surface area contributed by atoms with Crippen molar-refractivity contribution in [2.24, 2.45) is 11.7 Å². The molecule has 1 unspecified atom stereocenters. The molecule has 0 fully saturated rings. The van der Waals surface area contributed by atoms with Crippen LogP contribution in [-0.2, 0) is 6.42 Å². The Morgan fingerprint density at radius 2 is 1.82 bits per heavy atom.